The molecule has 0 aromatic rings. The zero-order valence-electron chi connectivity index (χ0n) is 44.3. The molecule has 8 rings (SSSR count). The van der Waals surface area contributed by atoms with Crippen molar-refractivity contribution in [3.05, 3.63) is 11.6 Å². The molecule has 5 aliphatic carbocycles. The molecule has 12 nitrogen and oxygen atoms in total. The number of carbonyl (C=O) groups excluding carboxylic acids is 1. The summed E-state index contributed by atoms with van der Waals surface area (Å²) in [5.41, 5.74) is -0.366. The second kappa shape index (κ2) is 18.8. The Kier molecular flexibility index (Phi) is 14.5. The lowest BCUT2D eigenvalue weighted by molar-refractivity contribution is -0.373. The zero-order valence-corrected chi connectivity index (χ0v) is 44.3. The van der Waals surface area contributed by atoms with Crippen molar-refractivity contribution >= 4 is 18.2 Å². The molecule has 386 valence electrons. The number of carboxylic acid groups (broad SMARTS) is 2. The first kappa shape index (κ1) is 52.4. The van der Waals surface area contributed by atoms with Gasteiger partial charge in [0.2, 0.25) is 0 Å². The van der Waals surface area contributed by atoms with Crippen molar-refractivity contribution in [2.75, 3.05) is 13.7 Å². The molecule has 0 aromatic heterocycles. The van der Waals surface area contributed by atoms with Crippen LogP contribution in [0.4, 0.5) is 0 Å². The second-order valence-corrected chi connectivity index (χ2v) is 25.7. The van der Waals surface area contributed by atoms with E-state index in [4.69, 9.17) is 33.2 Å². The molecule has 25 atom stereocenters. The van der Waals surface area contributed by atoms with E-state index in [0.717, 1.165) is 44.8 Å². The number of aldehydes is 1. The smallest absolute Gasteiger partial charge is 0.333 e. The SMILES string of the molecule is CCC1O[C@@H](OC2[C@H](O[C@H]3CC(C)C4(C)C5CC=C6C7CC(C)(C)CC[C@]7(C(=O)O)C(OC)C[C@@]6(C)[C@@]5(C)CC[C@H]4[C@H]3C=O)OC(C(=O)O)[C@@H](C)[C@@H]2O[C@@H]2OC[C@@H](C)[C@H](C)C2C)C(C)[C@@H](C)[C@H]1C. The van der Waals surface area contributed by atoms with Gasteiger partial charge in [0.1, 0.15) is 17.8 Å². The van der Waals surface area contributed by atoms with Gasteiger partial charge in [0.15, 0.2) is 25.0 Å². The van der Waals surface area contributed by atoms with Crippen molar-refractivity contribution in [2.45, 2.75) is 210 Å². The highest BCUT2D eigenvalue weighted by Crippen LogP contribution is 2.76. The van der Waals surface area contributed by atoms with E-state index in [9.17, 15) is 24.6 Å². The first-order chi connectivity index (χ1) is 31.9. The number of hydrogen-bond acceptors (Lipinski definition) is 10. The van der Waals surface area contributed by atoms with Crippen molar-refractivity contribution in [1.82, 2.24) is 0 Å². The van der Waals surface area contributed by atoms with Crippen LogP contribution >= 0.6 is 0 Å². The average molecular weight is 955 g/mol. The summed E-state index contributed by atoms with van der Waals surface area (Å²) in [6, 6.07) is 0. The predicted molar refractivity (Wildman–Crippen MR) is 257 cm³/mol. The van der Waals surface area contributed by atoms with E-state index in [-0.39, 0.29) is 63.3 Å². The van der Waals surface area contributed by atoms with E-state index in [1.807, 2.05) is 6.92 Å². The van der Waals surface area contributed by atoms with Gasteiger partial charge in [-0.05, 0) is 127 Å². The number of rotatable bonds is 11. The van der Waals surface area contributed by atoms with Gasteiger partial charge in [-0.15, -0.1) is 0 Å². The van der Waals surface area contributed by atoms with Crippen LogP contribution in [0.3, 0.4) is 0 Å². The lowest BCUT2D eigenvalue weighted by atomic mass is 9.33. The van der Waals surface area contributed by atoms with Crippen LogP contribution in [-0.4, -0.2) is 97.6 Å². The molecule has 2 N–H and O–H groups in total. The molecular weight excluding hydrogens is 865 g/mol. The van der Waals surface area contributed by atoms with Gasteiger partial charge in [-0.2, -0.15) is 0 Å². The van der Waals surface area contributed by atoms with Crippen LogP contribution in [0.5, 0.6) is 0 Å². The summed E-state index contributed by atoms with van der Waals surface area (Å²) in [6.07, 6.45) is 4.09. The number of carboxylic acids is 2. The topological polar surface area (TPSA) is 156 Å². The number of ether oxygens (including phenoxy) is 7. The third kappa shape index (κ3) is 8.04. The monoisotopic (exact) mass is 955 g/mol. The summed E-state index contributed by atoms with van der Waals surface area (Å²) in [6.45, 7) is 31.9. The lowest BCUT2D eigenvalue weighted by Crippen LogP contribution is -2.68. The highest BCUT2D eigenvalue weighted by Gasteiger charge is 2.72. The van der Waals surface area contributed by atoms with Crippen LogP contribution in [0.15, 0.2) is 11.6 Å². The van der Waals surface area contributed by atoms with E-state index >= 15 is 0 Å². The number of allylic oxidation sites excluding steroid dienone is 2. The molecule has 4 saturated carbocycles. The van der Waals surface area contributed by atoms with Crippen molar-refractivity contribution in [3.8, 4) is 0 Å². The minimum Gasteiger partial charge on any atom is -0.481 e. The van der Waals surface area contributed by atoms with E-state index < -0.39 is 78.6 Å². The number of hydrogen-bond donors (Lipinski definition) is 2. The Labute approximate surface area is 408 Å². The summed E-state index contributed by atoms with van der Waals surface area (Å²) in [4.78, 5) is 40.6. The molecule has 8 aliphatic rings. The molecule has 0 aromatic carbocycles. The van der Waals surface area contributed by atoms with E-state index in [1.54, 1.807) is 7.11 Å². The van der Waals surface area contributed by atoms with Crippen molar-refractivity contribution in [1.29, 1.82) is 0 Å². The highest BCUT2D eigenvalue weighted by atomic mass is 16.8. The largest absolute Gasteiger partial charge is 0.481 e. The second-order valence-electron chi connectivity index (χ2n) is 25.7. The first-order valence-electron chi connectivity index (χ1n) is 26.9. The van der Waals surface area contributed by atoms with Crippen LogP contribution in [0.25, 0.3) is 0 Å². The minimum absolute atomic E-state index is 0.0161. The van der Waals surface area contributed by atoms with Gasteiger partial charge in [-0.1, -0.05) is 109 Å². The molecule has 0 bridgehead atoms. The summed E-state index contributed by atoms with van der Waals surface area (Å²) >= 11 is 0. The predicted octanol–water partition coefficient (Wildman–Crippen LogP) is 10.4. The molecule has 3 aliphatic heterocycles. The van der Waals surface area contributed by atoms with Crippen molar-refractivity contribution < 1.29 is 57.8 Å². The highest BCUT2D eigenvalue weighted by molar-refractivity contribution is 5.78. The van der Waals surface area contributed by atoms with Gasteiger partial charge in [0.05, 0.1) is 31.0 Å². The van der Waals surface area contributed by atoms with Crippen LogP contribution in [0, 0.1) is 98.1 Å². The molecule has 0 spiro atoms. The van der Waals surface area contributed by atoms with E-state index in [2.05, 4.69) is 96.1 Å². The van der Waals surface area contributed by atoms with E-state index in [1.165, 1.54) is 5.57 Å². The maximum Gasteiger partial charge on any atom is 0.333 e. The molecular formula is C56H90O12. The molecule has 7 fully saturated rings. The third-order valence-electron chi connectivity index (χ3n) is 22.4. The molecule has 12 heteroatoms. The Hall–Kier alpha value is -1.93. The Bertz CT molecular complexity index is 1900. The average Bonchev–Trinajstić information content (AvgIpc) is 3.28. The van der Waals surface area contributed by atoms with Gasteiger partial charge >= 0.3 is 11.9 Å². The van der Waals surface area contributed by atoms with Crippen molar-refractivity contribution in [3.63, 3.8) is 0 Å². The number of carbonyl (C=O) groups is 3. The standard InChI is InChI=1S/C56H90O12/c1-16-40-32(6)31(5)34(8)49(64-40)68-46-44(66-48-33(7)30(4)28(2)27-63-48)35(9)45(47(58)59)67-50(46)65-41-23-29(3)55(14)37(36(41)26-57)19-20-53(12)42(55)18-17-38-39-24-52(10,11)21-22-56(39,51(60)61)43(62-15)25-54(38,53)13/h17,26,28-37,39-46,48-50H,16,18-25,27H2,1-15H3,(H,58,59)(H,60,61)/t28-,29?,30+,31+,32-,33?,34?,35+,36-,37+,39?,40?,41+,42?,43?,44+,45?,46?,48+,49+,50-,53+,54-,55?,56-/m1/s1. The Morgan fingerprint density at radius 2 is 1.47 bits per heavy atom. The maximum absolute atomic E-state index is 13.9. The van der Waals surface area contributed by atoms with Gasteiger partial charge in [-0.3, -0.25) is 4.79 Å². The number of aliphatic carboxylic acids is 2. The first-order valence-corrected chi connectivity index (χ1v) is 26.9. The summed E-state index contributed by atoms with van der Waals surface area (Å²) < 4.78 is 47.4. The van der Waals surface area contributed by atoms with Gasteiger partial charge in [0, 0.05) is 30.8 Å². The minimum atomic E-state index is -1.26. The normalized spacial score (nSPS) is 53.4. The molecule has 0 radical (unpaired) electrons. The van der Waals surface area contributed by atoms with Crippen LogP contribution in [-0.2, 0) is 47.5 Å². The fraction of sp³-hybridized carbons (Fsp3) is 0.911. The number of fused-ring (bicyclic) bond motifs is 7. The third-order valence-corrected chi connectivity index (χ3v) is 22.4. The summed E-state index contributed by atoms with van der Waals surface area (Å²) in [5.74, 6) is -1.43. The lowest BCUT2D eigenvalue weighted by Gasteiger charge is -2.71. The fourth-order valence-corrected chi connectivity index (χ4v) is 16.7. The van der Waals surface area contributed by atoms with E-state index in [0.29, 0.717) is 49.5 Å². The molecule has 68 heavy (non-hydrogen) atoms. The Morgan fingerprint density at radius 3 is 2.10 bits per heavy atom. The van der Waals surface area contributed by atoms with Crippen LogP contribution in [0.1, 0.15) is 155 Å². The molecule has 10 unspecified atom stereocenters. The van der Waals surface area contributed by atoms with Gasteiger partial charge in [-0.25, -0.2) is 4.79 Å². The molecule has 3 saturated heterocycles. The van der Waals surface area contributed by atoms with Crippen LogP contribution < -0.4 is 0 Å². The maximum atomic E-state index is 13.9. The fourth-order valence-electron chi connectivity index (χ4n) is 16.7. The van der Waals surface area contributed by atoms with Gasteiger partial charge < -0.3 is 48.2 Å². The Morgan fingerprint density at radius 1 is 0.794 bits per heavy atom. The zero-order chi connectivity index (χ0) is 49.8. The quantitative estimate of drug-likeness (QED) is 0.115. The summed E-state index contributed by atoms with van der Waals surface area (Å²) in [5, 5.41) is 21.9. The van der Waals surface area contributed by atoms with Crippen molar-refractivity contribution in [2.24, 2.45) is 98.1 Å². The number of methoxy groups -OCH3 is 1. The molecule has 3 heterocycles. The van der Waals surface area contributed by atoms with Crippen LogP contribution in [0.2, 0.25) is 0 Å². The van der Waals surface area contributed by atoms with Gasteiger partial charge in [0.25, 0.3) is 0 Å². The summed E-state index contributed by atoms with van der Waals surface area (Å²) in [7, 11) is 1.71. The Balaban J connectivity index is 1.13. The molecule has 0 amide bonds.